The molecule has 89 heavy (non-hydrogen) atoms. The summed E-state index contributed by atoms with van der Waals surface area (Å²) in [5.41, 5.74) is 12.9. The Balaban J connectivity index is 0.853. The fourth-order valence-corrected chi connectivity index (χ4v) is 25.0. The summed E-state index contributed by atoms with van der Waals surface area (Å²) in [6, 6.07) is 135. The molecule has 0 spiro atoms. The topological polar surface area (TPSA) is 14.8 Å². The zero-order chi connectivity index (χ0) is 58.9. The molecule has 0 amide bonds. The quantitative estimate of drug-likeness (QED) is 0.0855. The maximum atomic E-state index is 2.53. The predicted octanol–water partition coefficient (Wildman–Crippen LogP) is 15.4. The van der Waals surface area contributed by atoms with E-state index in [0.29, 0.717) is 0 Å². The van der Waals surface area contributed by atoms with Gasteiger partial charge in [0.05, 0.1) is 33.1 Å². The van der Waals surface area contributed by atoms with Crippen LogP contribution in [-0.2, 0) is 0 Å². The molecule has 418 valence electrons. The van der Waals surface area contributed by atoms with Crippen LogP contribution in [0.25, 0.3) is 93.6 Å². The molecule has 17 aromatic rings. The predicted molar refractivity (Wildman–Crippen MR) is 382 cm³/mol. The van der Waals surface area contributed by atoms with Crippen molar-refractivity contribution in [3.63, 3.8) is 0 Å². The molecule has 17 rings (SSSR count). The van der Waals surface area contributed by atoms with Crippen molar-refractivity contribution in [3.05, 3.63) is 358 Å². The van der Waals surface area contributed by atoms with Crippen molar-refractivity contribution in [2.75, 3.05) is 0 Å². The minimum absolute atomic E-state index is 1.12. The minimum atomic E-state index is -3.18. The van der Waals surface area contributed by atoms with E-state index < -0.39 is 16.1 Å². The molecule has 0 aliphatic heterocycles. The highest BCUT2D eigenvalue weighted by Gasteiger charge is 2.44. The van der Waals surface area contributed by atoms with Gasteiger partial charge in [-0.2, -0.15) is 0 Å². The molecule has 0 atom stereocenters. The first kappa shape index (κ1) is 52.3. The van der Waals surface area contributed by atoms with E-state index in [4.69, 9.17) is 0 Å². The molecule has 3 aromatic heterocycles. The van der Waals surface area contributed by atoms with E-state index >= 15 is 0 Å². The van der Waals surface area contributed by atoms with E-state index in [0.717, 1.165) is 22.6 Å². The summed E-state index contributed by atoms with van der Waals surface area (Å²) in [7, 11) is -6.06. The van der Waals surface area contributed by atoms with Crippen LogP contribution in [0.5, 0.6) is 0 Å². The van der Waals surface area contributed by atoms with Gasteiger partial charge in [0.2, 0.25) is 0 Å². The lowest BCUT2D eigenvalue weighted by molar-refractivity contribution is 1.17. The van der Waals surface area contributed by atoms with E-state index in [1.165, 1.54) is 113 Å². The summed E-state index contributed by atoms with van der Waals surface area (Å²) in [6.45, 7) is 0. The summed E-state index contributed by atoms with van der Waals surface area (Å²) in [5.74, 6) is 0. The van der Waals surface area contributed by atoms with Crippen LogP contribution >= 0.6 is 0 Å². The van der Waals surface area contributed by atoms with Crippen molar-refractivity contribution in [2.24, 2.45) is 0 Å². The molecule has 0 radical (unpaired) electrons. The van der Waals surface area contributed by atoms with Crippen molar-refractivity contribution in [3.8, 4) is 28.2 Å². The molecular formula is C84H59N3Si2. The Hall–Kier alpha value is -11.1. The number of benzene rings is 14. The number of aromatic nitrogens is 3. The zero-order valence-electron chi connectivity index (χ0n) is 48.9. The van der Waals surface area contributed by atoms with Crippen molar-refractivity contribution < 1.29 is 0 Å². The van der Waals surface area contributed by atoms with Crippen LogP contribution in [0.15, 0.2) is 358 Å². The van der Waals surface area contributed by atoms with Crippen molar-refractivity contribution in [1.29, 1.82) is 0 Å². The summed E-state index contributed by atoms with van der Waals surface area (Å²) in [5, 5.41) is 18.2. The van der Waals surface area contributed by atoms with Gasteiger partial charge in [0.25, 0.3) is 0 Å². The van der Waals surface area contributed by atoms with Gasteiger partial charge in [-0.1, -0.05) is 285 Å². The van der Waals surface area contributed by atoms with Gasteiger partial charge in [0, 0.05) is 49.4 Å². The maximum absolute atomic E-state index is 3.18. The molecule has 0 saturated heterocycles. The van der Waals surface area contributed by atoms with Crippen LogP contribution in [-0.4, -0.2) is 29.8 Å². The fraction of sp³-hybridized carbons (Fsp3) is 0. The van der Waals surface area contributed by atoms with Crippen LogP contribution < -0.4 is 41.5 Å². The van der Waals surface area contributed by atoms with Crippen molar-refractivity contribution in [2.45, 2.75) is 0 Å². The molecule has 3 nitrogen and oxygen atoms in total. The molecule has 0 aliphatic carbocycles. The second-order valence-electron chi connectivity index (χ2n) is 23.5. The van der Waals surface area contributed by atoms with Crippen LogP contribution in [0.3, 0.4) is 0 Å². The van der Waals surface area contributed by atoms with Crippen LogP contribution in [0, 0.1) is 0 Å². The Kier molecular flexibility index (Phi) is 12.6. The largest absolute Gasteiger partial charge is 0.309 e. The molecule has 0 N–H and O–H groups in total. The van der Waals surface area contributed by atoms with Crippen LogP contribution in [0.2, 0.25) is 0 Å². The summed E-state index contributed by atoms with van der Waals surface area (Å²) >= 11 is 0. The highest BCUT2D eigenvalue weighted by atomic mass is 28.3. The van der Waals surface area contributed by atoms with Crippen LogP contribution in [0.4, 0.5) is 0 Å². The number of nitrogens with zero attached hydrogens (tertiary/aromatic N) is 3. The van der Waals surface area contributed by atoms with E-state index in [-0.39, 0.29) is 0 Å². The van der Waals surface area contributed by atoms with E-state index in [1.54, 1.807) is 0 Å². The molecular weight excluding hydrogens is 1110 g/mol. The fourth-order valence-electron chi connectivity index (χ4n) is 15.2. The van der Waals surface area contributed by atoms with Gasteiger partial charge in [-0.3, -0.25) is 0 Å². The van der Waals surface area contributed by atoms with Crippen LogP contribution in [0.1, 0.15) is 0 Å². The summed E-state index contributed by atoms with van der Waals surface area (Å²) < 4.78 is 7.47. The number of hydrogen-bond donors (Lipinski definition) is 0. The number of para-hydroxylation sites is 4. The average Bonchev–Trinajstić information content (AvgIpc) is 1.79. The SMILES string of the molecule is c1ccc(-c2cccc([Si](c3ccccc3)(c3ccccc3)c3ccc(-n4c5ccccc5c5cc(-n6c7ccccc7c7c([Si](c8ccccc8)(c8ccccc8)c8cccc(-n9c%10ccccc%10c%10ccccc%109)c8)cccc76)ccc54)cc3)c2)cc1. The third-order valence-electron chi connectivity index (χ3n) is 18.9. The zero-order valence-corrected chi connectivity index (χ0v) is 50.9. The molecule has 14 aromatic carbocycles. The number of fused-ring (bicyclic) bond motifs is 9. The van der Waals surface area contributed by atoms with Gasteiger partial charge < -0.3 is 13.7 Å². The average molecular weight is 1170 g/mol. The first-order valence-electron chi connectivity index (χ1n) is 30.8. The van der Waals surface area contributed by atoms with Crippen molar-refractivity contribution >= 4 is 123 Å². The van der Waals surface area contributed by atoms with Gasteiger partial charge in [-0.05, 0) is 125 Å². The van der Waals surface area contributed by atoms with E-state index in [9.17, 15) is 0 Å². The Morgan fingerprint density at radius 1 is 0.180 bits per heavy atom. The van der Waals surface area contributed by atoms with Gasteiger partial charge in [-0.15, -0.1) is 0 Å². The molecule has 0 fully saturated rings. The standard InChI is InChI=1S/C84H59N3Si2/c1-6-27-60(28-7-1)61-29-24-39-70(57-61)88(65-31-8-2-9-32-65,66-33-10-3-11-34-66)69-54-51-62(52-55-69)85-79-47-22-18-43-74(79)76-59-64(53-56-81(76)85)87-80-48-23-19-44-75(80)84-82(87)49-26-50-83(84)89(67-35-12-4-13-36-67,68-37-14-5-15-38-68)71-40-25-30-63(58-71)86-77-45-20-16-41-72(77)73-42-17-21-46-78(73)86/h1-59H. The molecule has 3 heterocycles. The Labute approximate surface area is 519 Å². The lowest BCUT2D eigenvalue weighted by Gasteiger charge is -2.35. The second-order valence-corrected chi connectivity index (χ2v) is 31.1. The monoisotopic (exact) mass is 1170 g/mol. The first-order chi connectivity index (χ1) is 44.2. The van der Waals surface area contributed by atoms with Gasteiger partial charge >= 0.3 is 0 Å². The normalized spacial score (nSPS) is 12.0. The number of hydrogen-bond acceptors (Lipinski definition) is 0. The highest BCUT2D eigenvalue weighted by Crippen LogP contribution is 2.38. The highest BCUT2D eigenvalue weighted by molar-refractivity contribution is 7.21. The lowest BCUT2D eigenvalue weighted by Crippen LogP contribution is -2.74. The molecule has 0 bridgehead atoms. The van der Waals surface area contributed by atoms with Gasteiger partial charge in [0.1, 0.15) is 0 Å². The Morgan fingerprint density at radius 3 is 1.09 bits per heavy atom. The first-order valence-corrected chi connectivity index (χ1v) is 34.8. The van der Waals surface area contributed by atoms with Gasteiger partial charge in [0.15, 0.2) is 16.1 Å². The summed E-state index contributed by atoms with van der Waals surface area (Å²) in [4.78, 5) is 0. The minimum Gasteiger partial charge on any atom is -0.309 e. The number of rotatable bonds is 12. The van der Waals surface area contributed by atoms with E-state index in [2.05, 4.69) is 372 Å². The molecule has 0 saturated carbocycles. The maximum Gasteiger partial charge on any atom is 0.180 e. The third-order valence-corrected chi connectivity index (χ3v) is 28.5. The van der Waals surface area contributed by atoms with Gasteiger partial charge in [-0.25, -0.2) is 0 Å². The summed E-state index contributed by atoms with van der Waals surface area (Å²) in [6.07, 6.45) is 0. The Morgan fingerprint density at radius 2 is 0.528 bits per heavy atom. The smallest absolute Gasteiger partial charge is 0.180 e. The molecule has 0 aliphatic rings. The van der Waals surface area contributed by atoms with E-state index in [1.807, 2.05) is 0 Å². The molecule has 5 heteroatoms. The Bertz CT molecular complexity index is 5350. The third kappa shape index (κ3) is 8.17. The van der Waals surface area contributed by atoms with Crippen molar-refractivity contribution in [1.82, 2.24) is 13.7 Å². The molecule has 0 unspecified atom stereocenters. The lowest BCUT2D eigenvalue weighted by atomic mass is 10.1. The second kappa shape index (κ2) is 21.4.